The average molecular weight is 261 g/mol. The normalized spacial score (nSPS) is 29.7. The van der Waals surface area contributed by atoms with Crippen LogP contribution in [0.2, 0.25) is 0 Å². The van der Waals surface area contributed by atoms with Gasteiger partial charge in [0, 0.05) is 18.5 Å². The minimum Gasteiger partial charge on any atom is -0.353 e. The Kier molecular flexibility index (Phi) is 6.28. The van der Waals surface area contributed by atoms with E-state index in [1.807, 2.05) is 0 Å². The molecule has 17 heavy (non-hydrogen) atoms. The van der Waals surface area contributed by atoms with Crippen molar-refractivity contribution in [3.8, 4) is 0 Å². The van der Waals surface area contributed by atoms with Gasteiger partial charge in [-0.15, -0.1) is 12.4 Å². The molecule has 0 aromatic heterocycles. The molecule has 2 rings (SSSR count). The number of carbonyl (C=O) groups is 1. The van der Waals surface area contributed by atoms with E-state index in [0.29, 0.717) is 18.4 Å². The van der Waals surface area contributed by atoms with Gasteiger partial charge in [-0.2, -0.15) is 0 Å². The molecule has 100 valence electrons. The van der Waals surface area contributed by atoms with Crippen LogP contribution < -0.4 is 11.1 Å². The molecule has 2 fully saturated rings. The molecule has 0 spiro atoms. The Bertz CT molecular complexity index is 242. The molecule has 0 aromatic rings. The molecule has 0 aliphatic heterocycles. The Morgan fingerprint density at radius 2 is 1.65 bits per heavy atom. The molecular weight excluding hydrogens is 236 g/mol. The molecule has 0 bridgehead atoms. The Labute approximate surface area is 110 Å². The van der Waals surface area contributed by atoms with Gasteiger partial charge in [0.1, 0.15) is 0 Å². The predicted molar refractivity (Wildman–Crippen MR) is 72.2 cm³/mol. The quantitative estimate of drug-likeness (QED) is 0.819. The van der Waals surface area contributed by atoms with Crippen molar-refractivity contribution in [2.45, 2.75) is 69.9 Å². The smallest absolute Gasteiger partial charge is 0.220 e. The lowest BCUT2D eigenvalue weighted by atomic mass is 9.83. The molecule has 4 heteroatoms. The maximum atomic E-state index is 11.8. The monoisotopic (exact) mass is 260 g/mol. The number of hydrogen-bond donors (Lipinski definition) is 2. The standard InChI is InChI=1S/C13H24N2O.ClH/c14-12-8-4-1-5-10(12)9-13(16)15-11-6-2-3-7-11;/h10-12H,1-9,14H2,(H,15,16);1H. The molecule has 2 aliphatic carbocycles. The lowest BCUT2D eigenvalue weighted by Crippen LogP contribution is -2.39. The van der Waals surface area contributed by atoms with Crippen molar-refractivity contribution in [1.82, 2.24) is 5.32 Å². The fourth-order valence-corrected chi connectivity index (χ4v) is 3.08. The summed E-state index contributed by atoms with van der Waals surface area (Å²) in [6.07, 6.45) is 10.3. The lowest BCUT2D eigenvalue weighted by molar-refractivity contribution is -0.123. The minimum atomic E-state index is 0. The Balaban J connectivity index is 0.00000144. The number of rotatable bonds is 3. The van der Waals surface area contributed by atoms with Crippen LogP contribution in [0.4, 0.5) is 0 Å². The molecule has 2 aliphatic rings. The SMILES string of the molecule is Cl.NC1CCCCC1CC(=O)NC1CCCC1. The molecule has 3 N–H and O–H groups in total. The van der Waals surface area contributed by atoms with E-state index < -0.39 is 0 Å². The van der Waals surface area contributed by atoms with Crippen molar-refractivity contribution >= 4 is 18.3 Å². The highest BCUT2D eigenvalue weighted by molar-refractivity contribution is 5.85. The summed E-state index contributed by atoms with van der Waals surface area (Å²) in [5.74, 6) is 0.657. The summed E-state index contributed by atoms with van der Waals surface area (Å²) in [6, 6.07) is 0.704. The van der Waals surface area contributed by atoms with Gasteiger partial charge in [-0.3, -0.25) is 4.79 Å². The molecule has 0 heterocycles. The lowest BCUT2D eigenvalue weighted by Gasteiger charge is -2.28. The van der Waals surface area contributed by atoms with E-state index in [9.17, 15) is 4.79 Å². The van der Waals surface area contributed by atoms with Gasteiger partial charge in [-0.25, -0.2) is 0 Å². The summed E-state index contributed by atoms with van der Waals surface area (Å²) in [5, 5.41) is 3.15. The zero-order valence-electron chi connectivity index (χ0n) is 10.5. The van der Waals surface area contributed by atoms with Crippen LogP contribution in [0.15, 0.2) is 0 Å². The Hall–Kier alpha value is -0.280. The first-order valence-corrected chi connectivity index (χ1v) is 6.80. The van der Waals surface area contributed by atoms with E-state index in [-0.39, 0.29) is 24.4 Å². The molecule has 2 atom stereocenters. The fraction of sp³-hybridized carbons (Fsp3) is 0.923. The summed E-state index contributed by atoms with van der Waals surface area (Å²) in [7, 11) is 0. The van der Waals surface area contributed by atoms with Crippen molar-refractivity contribution in [2.75, 3.05) is 0 Å². The number of carbonyl (C=O) groups excluding carboxylic acids is 1. The minimum absolute atomic E-state index is 0. The van der Waals surface area contributed by atoms with Crippen molar-refractivity contribution in [1.29, 1.82) is 0 Å². The predicted octanol–water partition coefficient (Wildman–Crippen LogP) is 2.37. The van der Waals surface area contributed by atoms with Crippen molar-refractivity contribution in [2.24, 2.45) is 11.7 Å². The fourth-order valence-electron chi connectivity index (χ4n) is 3.08. The zero-order valence-corrected chi connectivity index (χ0v) is 11.3. The second-order valence-electron chi connectivity index (χ2n) is 5.46. The molecule has 2 unspecified atom stereocenters. The van der Waals surface area contributed by atoms with Crippen LogP contribution in [0, 0.1) is 5.92 Å². The first kappa shape index (κ1) is 14.8. The van der Waals surface area contributed by atoms with Gasteiger partial charge in [0.2, 0.25) is 5.91 Å². The summed E-state index contributed by atoms with van der Waals surface area (Å²) >= 11 is 0. The highest BCUT2D eigenvalue weighted by Crippen LogP contribution is 2.26. The van der Waals surface area contributed by atoms with Crippen LogP contribution in [0.25, 0.3) is 0 Å². The van der Waals surface area contributed by atoms with Crippen LogP contribution in [-0.4, -0.2) is 18.0 Å². The van der Waals surface area contributed by atoms with Crippen LogP contribution in [0.3, 0.4) is 0 Å². The third-order valence-corrected chi connectivity index (χ3v) is 4.14. The van der Waals surface area contributed by atoms with Crippen LogP contribution in [0.1, 0.15) is 57.8 Å². The highest BCUT2D eigenvalue weighted by atomic mass is 35.5. The highest BCUT2D eigenvalue weighted by Gasteiger charge is 2.25. The summed E-state index contributed by atoms with van der Waals surface area (Å²) < 4.78 is 0. The topological polar surface area (TPSA) is 55.1 Å². The van der Waals surface area contributed by atoms with Crippen LogP contribution in [-0.2, 0) is 4.79 Å². The summed E-state index contributed by atoms with van der Waals surface area (Å²) in [5.41, 5.74) is 6.06. The maximum Gasteiger partial charge on any atom is 0.220 e. The van der Waals surface area contributed by atoms with Gasteiger partial charge in [-0.05, 0) is 31.6 Å². The van der Waals surface area contributed by atoms with Crippen LogP contribution in [0.5, 0.6) is 0 Å². The van der Waals surface area contributed by atoms with E-state index in [1.165, 1.54) is 38.5 Å². The third-order valence-electron chi connectivity index (χ3n) is 4.14. The average Bonchev–Trinajstić information content (AvgIpc) is 2.74. The second-order valence-corrected chi connectivity index (χ2v) is 5.46. The van der Waals surface area contributed by atoms with Gasteiger partial charge in [0.15, 0.2) is 0 Å². The second kappa shape index (κ2) is 7.22. The van der Waals surface area contributed by atoms with Crippen molar-refractivity contribution in [3.05, 3.63) is 0 Å². The molecule has 0 radical (unpaired) electrons. The van der Waals surface area contributed by atoms with Crippen molar-refractivity contribution in [3.63, 3.8) is 0 Å². The molecule has 0 saturated heterocycles. The number of halogens is 1. The number of nitrogens with one attached hydrogen (secondary N) is 1. The first-order valence-electron chi connectivity index (χ1n) is 6.80. The van der Waals surface area contributed by atoms with Gasteiger partial charge in [0.05, 0.1) is 0 Å². The van der Waals surface area contributed by atoms with E-state index in [0.717, 1.165) is 12.8 Å². The molecular formula is C13H25ClN2O. The Morgan fingerprint density at radius 1 is 1.06 bits per heavy atom. The number of nitrogens with two attached hydrogens (primary N) is 1. The molecule has 3 nitrogen and oxygen atoms in total. The van der Waals surface area contributed by atoms with Crippen LogP contribution >= 0.6 is 12.4 Å². The van der Waals surface area contributed by atoms with Gasteiger partial charge >= 0.3 is 0 Å². The molecule has 2 saturated carbocycles. The zero-order chi connectivity index (χ0) is 11.4. The van der Waals surface area contributed by atoms with Gasteiger partial charge in [0.25, 0.3) is 0 Å². The van der Waals surface area contributed by atoms with E-state index in [4.69, 9.17) is 5.73 Å². The molecule has 0 aromatic carbocycles. The third kappa shape index (κ3) is 4.47. The maximum absolute atomic E-state index is 11.8. The summed E-state index contributed by atoms with van der Waals surface area (Å²) in [4.78, 5) is 11.8. The summed E-state index contributed by atoms with van der Waals surface area (Å²) in [6.45, 7) is 0. The van der Waals surface area contributed by atoms with Gasteiger partial charge < -0.3 is 11.1 Å². The molecule has 1 amide bonds. The number of amides is 1. The Morgan fingerprint density at radius 3 is 2.29 bits per heavy atom. The largest absolute Gasteiger partial charge is 0.353 e. The van der Waals surface area contributed by atoms with E-state index in [2.05, 4.69) is 5.32 Å². The van der Waals surface area contributed by atoms with E-state index in [1.54, 1.807) is 0 Å². The van der Waals surface area contributed by atoms with E-state index >= 15 is 0 Å². The number of hydrogen-bond acceptors (Lipinski definition) is 2. The van der Waals surface area contributed by atoms with Crippen molar-refractivity contribution < 1.29 is 4.79 Å². The first-order chi connectivity index (χ1) is 7.75. The van der Waals surface area contributed by atoms with Gasteiger partial charge in [-0.1, -0.05) is 25.7 Å².